The summed E-state index contributed by atoms with van der Waals surface area (Å²) in [6, 6.07) is 0. The van der Waals surface area contributed by atoms with Crippen LogP contribution in [-0.4, -0.2) is 23.9 Å². The first-order valence-electron chi connectivity index (χ1n) is 5.93. The van der Waals surface area contributed by atoms with E-state index in [1.54, 1.807) is 11.8 Å². The molecule has 3 nitrogen and oxygen atoms in total. The molecule has 2 rings (SSSR count). The van der Waals surface area contributed by atoms with Gasteiger partial charge < -0.3 is 9.47 Å². The van der Waals surface area contributed by atoms with Crippen molar-refractivity contribution in [2.24, 2.45) is 0 Å². The Bertz CT molecular complexity index is 311. The van der Waals surface area contributed by atoms with E-state index in [2.05, 4.69) is 0 Å². The molecule has 4 heteroatoms. The number of thioether (sulfide) groups is 1. The van der Waals surface area contributed by atoms with Crippen LogP contribution < -0.4 is 0 Å². The van der Waals surface area contributed by atoms with E-state index in [1.165, 1.54) is 12.8 Å². The van der Waals surface area contributed by atoms with Crippen molar-refractivity contribution in [1.29, 1.82) is 0 Å². The Morgan fingerprint density at radius 1 is 1.50 bits per heavy atom. The van der Waals surface area contributed by atoms with Crippen molar-refractivity contribution in [2.45, 2.75) is 50.9 Å². The minimum absolute atomic E-state index is 0.228. The lowest BCUT2D eigenvalue weighted by Crippen LogP contribution is -2.34. The molecule has 0 radical (unpaired) electrons. The van der Waals surface area contributed by atoms with E-state index in [1.807, 2.05) is 13.8 Å². The second-order valence-electron chi connectivity index (χ2n) is 4.20. The van der Waals surface area contributed by atoms with Crippen LogP contribution in [0.3, 0.4) is 0 Å². The average molecular weight is 242 g/mol. The van der Waals surface area contributed by atoms with Gasteiger partial charge in [0.15, 0.2) is 0 Å². The molecule has 2 atom stereocenters. The first kappa shape index (κ1) is 11.8. The SMILES string of the molecule is CCOC(=O)C1=C(C)O[C@@H]2CCCC[C@H]2S1. The number of allylic oxidation sites excluding steroid dienone is 1. The Balaban J connectivity index is 2.09. The van der Waals surface area contributed by atoms with Crippen LogP contribution in [0.2, 0.25) is 0 Å². The maximum absolute atomic E-state index is 11.7. The summed E-state index contributed by atoms with van der Waals surface area (Å²) in [6.45, 7) is 4.11. The molecule has 1 aliphatic heterocycles. The van der Waals surface area contributed by atoms with E-state index in [0.29, 0.717) is 22.9 Å². The van der Waals surface area contributed by atoms with Gasteiger partial charge in [0.2, 0.25) is 0 Å². The number of hydrogen-bond acceptors (Lipinski definition) is 4. The number of esters is 1. The molecule has 1 heterocycles. The predicted octanol–water partition coefficient (Wildman–Crippen LogP) is 2.86. The number of hydrogen-bond donors (Lipinski definition) is 0. The molecular weight excluding hydrogens is 224 g/mol. The average Bonchev–Trinajstić information content (AvgIpc) is 2.28. The molecule has 0 unspecified atom stereocenters. The van der Waals surface area contributed by atoms with Gasteiger partial charge in [-0.05, 0) is 33.1 Å². The Morgan fingerprint density at radius 2 is 2.25 bits per heavy atom. The second-order valence-corrected chi connectivity index (χ2v) is 5.45. The molecule has 90 valence electrons. The topological polar surface area (TPSA) is 35.5 Å². The largest absolute Gasteiger partial charge is 0.492 e. The van der Waals surface area contributed by atoms with Gasteiger partial charge in [-0.25, -0.2) is 4.79 Å². The number of rotatable bonds is 2. The fourth-order valence-electron chi connectivity index (χ4n) is 2.24. The highest BCUT2D eigenvalue weighted by Gasteiger charge is 2.35. The normalized spacial score (nSPS) is 29.4. The third kappa shape index (κ3) is 2.37. The van der Waals surface area contributed by atoms with Gasteiger partial charge in [0, 0.05) is 5.25 Å². The van der Waals surface area contributed by atoms with Crippen molar-refractivity contribution in [1.82, 2.24) is 0 Å². The lowest BCUT2D eigenvalue weighted by Gasteiger charge is -2.36. The Kier molecular flexibility index (Phi) is 3.79. The van der Waals surface area contributed by atoms with Crippen LogP contribution in [0.4, 0.5) is 0 Å². The summed E-state index contributed by atoms with van der Waals surface area (Å²) in [5, 5.41) is 0.442. The molecule has 0 aromatic heterocycles. The molecule has 0 N–H and O–H groups in total. The van der Waals surface area contributed by atoms with Gasteiger partial charge in [-0.3, -0.25) is 0 Å². The molecule has 1 saturated carbocycles. The summed E-state index contributed by atoms with van der Waals surface area (Å²) >= 11 is 1.65. The first-order chi connectivity index (χ1) is 7.72. The van der Waals surface area contributed by atoms with Gasteiger partial charge in [-0.1, -0.05) is 6.42 Å². The van der Waals surface area contributed by atoms with Gasteiger partial charge in [-0.15, -0.1) is 11.8 Å². The molecule has 2 aliphatic rings. The van der Waals surface area contributed by atoms with Crippen molar-refractivity contribution >= 4 is 17.7 Å². The maximum atomic E-state index is 11.7. The van der Waals surface area contributed by atoms with E-state index in [4.69, 9.17) is 9.47 Å². The van der Waals surface area contributed by atoms with E-state index in [9.17, 15) is 4.79 Å². The monoisotopic (exact) mass is 242 g/mol. The Hall–Kier alpha value is -0.640. The second kappa shape index (κ2) is 5.13. The minimum Gasteiger partial charge on any atom is -0.492 e. The molecular formula is C12H18O3S. The Morgan fingerprint density at radius 3 is 3.00 bits per heavy atom. The molecule has 0 aromatic rings. The van der Waals surface area contributed by atoms with Crippen LogP contribution in [-0.2, 0) is 14.3 Å². The fourth-order valence-corrected chi connectivity index (χ4v) is 3.54. The van der Waals surface area contributed by atoms with Crippen molar-refractivity contribution < 1.29 is 14.3 Å². The zero-order valence-corrected chi connectivity index (χ0v) is 10.6. The van der Waals surface area contributed by atoms with Crippen LogP contribution in [0.25, 0.3) is 0 Å². The van der Waals surface area contributed by atoms with Gasteiger partial charge >= 0.3 is 5.97 Å². The lowest BCUT2D eigenvalue weighted by molar-refractivity contribution is -0.138. The highest BCUT2D eigenvalue weighted by molar-refractivity contribution is 8.04. The highest BCUT2D eigenvalue weighted by atomic mass is 32.2. The fraction of sp³-hybridized carbons (Fsp3) is 0.750. The lowest BCUT2D eigenvalue weighted by atomic mass is 9.97. The summed E-state index contributed by atoms with van der Waals surface area (Å²) < 4.78 is 10.9. The van der Waals surface area contributed by atoms with Crippen LogP contribution in [0.15, 0.2) is 10.7 Å². The van der Waals surface area contributed by atoms with E-state index in [0.717, 1.165) is 18.6 Å². The van der Waals surface area contributed by atoms with Crippen LogP contribution in [0.1, 0.15) is 39.5 Å². The van der Waals surface area contributed by atoms with Crippen LogP contribution in [0, 0.1) is 0 Å². The van der Waals surface area contributed by atoms with Gasteiger partial charge in [-0.2, -0.15) is 0 Å². The molecule has 0 spiro atoms. The first-order valence-corrected chi connectivity index (χ1v) is 6.81. The molecule has 0 bridgehead atoms. The molecule has 16 heavy (non-hydrogen) atoms. The number of carbonyl (C=O) groups is 1. The van der Waals surface area contributed by atoms with Crippen LogP contribution >= 0.6 is 11.8 Å². The summed E-state index contributed by atoms with van der Waals surface area (Å²) in [4.78, 5) is 12.4. The van der Waals surface area contributed by atoms with Crippen molar-refractivity contribution in [3.8, 4) is 0 Å². The number of ether oxygens (including phenoxy) is 2. The molecule has 0 saturated heterocycles. The summed E-state index contributed by atoms with van der Waals surface area (Å²) in [5.41, 5.74) is 0. The van der Waals surface area contributed by atoms with Crippen molar-refractivity contribution in [3.63, 3.8) is 0 Å². The van der Waals surface area contributed by atoms with Gasteiger partial charge in [0.05, 0.1) is 6.61 Å². The summed E-state index contributed by atoms with van der Waals surface area (Å²) in [7, 11) is 0. The predicted molar refractivity (Wildman–Crippen MR) is 64.1 cm³/mol. The third-order valence-corrected chi connectivity index (χ3v) is 4.55. The number of carbonyl (C=O) groups excluding carboxylic acids is 1. The highest BCUT2D eigenvalue weighted by Crippen LogP contribution is 2.41. The number of fused-ring (bicyclic) bond motifs is 1. The zero-order valence-electron chi connectivity index (χ0n) is 9.82. The minimum atomic E-state index is -0.228. The van der Waals surface area contributed by atoms with E-state index < -0.39 is 0 Å². The van der Waals surface area contributed by atoms with Crippen LogP contribution in [0.5, 0.6) is 0 Å². The van der Waals surface area contributed by atoms with Crippen molar-refractivity contribution in [3.05, 3.63) is 10.7 Å². The molecule has 0 aromatic carbocycles. The standard InChI is InChI=1S/C12H18O3S/c1-3-14-12(13)11-8(2)15-9-6-4-5-7-10(9)16-11/h9-10H,3-7H2,1-2H3/t9-,10-/m1/s1. The smallest absolute Gasteiger partial charge is 0.348 e. The summed E-state index contributed by atoms with van der Waals surface area (Å²) in [6.07, 6.45) is 5.05. The summed E-state index contributed by atoms with van der Waals surface area (Å²) in [5.74, 6) is 0.514. The van der Waals surface area contributed by atoms with Gasteiger partial charge in [0.1, 0.15) is 16.8 Å². The Labute approximate surface area is 101 Å². The quantitative estimate of drug-likeness (QED) is 0.698. The van der Waals surface area contributed by atoms with Crippen molar-refractivity contribution in [2.75, 3.05) is 6.61 Å². The zero-order chi connectivity index (χ0) is 11.5. The van der Waals surface area contributed by atoms with Gasteiger partial charge in [0.25, 0.3) is 0 Å². The molecule has 1 aliphatic carbocycles. The maximum Gasteiger partial charge on any atom is 0.348 e. The van der Waals surface area contributed by atoms with E-state index in [-0.39, 0.29) is 5.97 Å². The van der Waals surface area contributed by atoms with E-state index >= 15 is 0 Å². The molecule has 1 fully saturated rings. The molecule has 0 amide bonds. The third-order valence-electron chi connectivity index (χ3n) is 3.02.